The summed E-state index contributed by atoms with van der Waals surface area (Å²) in [4.78, 5) is 24.4. The van der Waals surface area contributed by atoms with E-state index in [9.17, 15) is 14.7 Å². The van der Waals surface area contributed by atoms with Crippen molar-refractivity contribution in [2.24, 2.45) is 0 Å². The quantitative estimate of drug-likeness (QED) is 0.626. The molecule has 0 saturated heterocycles. The third kappa shape index (κ3) is 2.94. The van der Waals surface area contributed by atoms with Gasteiger partial charge in [-0.05, 0) is 44.0 Å². The SMILES string of the molecule is Cc1ccc(C)c2c(C)c(C(=O)NNC(=O)c3ccccc3O)oc12. The average molecular weight is 338 g/mol. The van der Waals surface area contributed by atoms with Crippen molar-refractivity contribution in [3.05, 3.63) is 64.4 Å². The predicted octanol–water partition coefficient (Wildman–Crippen LogP) is 3.14. The Balaban J connectivity index is 1.83. The van der Waals surface area contributed by atoms with Crippen LogP contribution in [0.5, 0.6) is 5.75 Å². The summed E-state index contributed by atoms with van der Waals surface area (Å²) in [6, 6.07) is 9.98. The predicted molar refractivity (Wildman–Crippen MR) is 93.5 cm³/mol. The Bertz CT molecular complexity index is 988. The number of carbonyl (C=O) groups excluding carboxylic acids is 2. The number of aromatic hydroxyl groups is 1. The number of nitrogens with one attached hydrogen (secondary N) is 2. The van der Waals surface area contributed by atoms with Crippen LogP contribution in [-0.4, -0.2) is 16.9 Å². The number of furan rings is 1. The summed E-state index contributed by atoms with van der Waals surface area (Å²) in [5.41, 5.74) is 7.99. The molecule has 0 unspecified atom stereocenters. The lowest BCUT2D eigenvalue weighted by Crippen LogP contribution is -2.41. The molecule has 1 heterocycles. The molecule has 6 heteroatoms. The van der Waals surface area contributed by atoms with Crippen LogP contribution in [0, 0.1) is 20.8 Å². The summed E-state index contributed by atoms with van der Waals surface area (Å²) in [7, 11) is 0. The normalized spacial score (nSPS) is 10.7. The van der Waals surface area contributed by atoms with Gasteiger partial charge in [0, 0.05) is 10.9 Å². The molecule has 2 amide bonds. The molecule has 128 valence electrons. The van der Waals surface area contributed by atoms with Crippen LogP contribution < -0.4 is 10.9 Å². The molecule has 0 spiro atoms. The molecule has 1 aromatic heterocycles. The van der Waals surface area contributed by atoms with Gasteiger partial charge < -0.3 is 9.52 Å². The van der Waals surface area contributed by atoms with Gasteiger partial charge in [0.05, 0.1) is 5.56 Å². The highest BCUT2D eigenvalue weighted by Crippen LogP contribution is 2.30. The lowest BCUT2D eigenvalue weighted by Gasteiger charge is -2.07. The first-order valence-electron chi connectivity index (χ1n) is 7.78. The van der Waals surface area contributed by atoms with Gasteiger partial charge in [-0.25, -0.2) is 0 Å². The fourth-order valence-electron chi connectivity index (χ4n) is 2.79. The van der Waals surface area contributed by atoms with E-state index in [1.807, 2.05) is 26.0 Å². The average Bonchev–Trinajstić information content (AvgIpc) is 2.95. The molecule has 0 aliphatic heterocycles. The molecule has 0 atom stereocenters. The lowest BCUT2D eigenvalue weighted by molar-refractivity contribution is 0.0830. The highest BCUT2D eigenvalue weighted by Gasteiger charge is 2.21. The molecule has 0 aliphatic rings. The number of benzene rings is 2. The Morgan fingerprint density at radius 3 is 2.24 bits per heavy atom. The lowest BCUT2D eigenvalue weighted by atomic mass is 10.0. The second-order valence-corrected chi connectivity index (χ2v) is 5.89. The number of fused-ring (bicyclic) bond motifs is 1. The second kappa shape index (κ2) is 6.32. The molecule has 6 nitrogen and oxygen atoms in total. The molecule has 0 fully saturated rings. The molecule has 3 rings (SSSR count). The summed E-state index contributed by atoms with van der Waals surface area (Å²) >= 11 is 0. The van der Waals surface area contributed by atoms with Gasteiger partial charge in [-0.15, -0.1) is 0 Å². The number of hydrogen-bond donors (Lipinski definition) is 3. The topological polar surface area (TPSA) is 91.6 Å². The van der Waals surface area contributed by atoms with E-state index in [0.717, 1.165) is 16.5 Å². The van der Waals surface area contributed by atoms with E-state index in [1.165, 1.54) is 12.1 Å². The van der Waals surface area contributed by atoms with Gasteiger partial charge in [0.25, 0.3) is 5.91 Å². The summed E-state index contributed by atoms with van der Waals surface area (Å²) < 4.78 is 5.72. The van der Waals surface area contributed by atoms with E-state index in [-0.39, 0.29) is 17.1 Å². The first-order chi connectivity index (χ1) is 11.9. The zero-order chi connectivity index (χ0) is 18.1. The molecular weight excluding hydrogens is 320 g/mol. The molecule has 25 heavy (non-hydrogen) atoms. The smallest absolute Gasteiger partial charge is 0.305 e. The van der Waals surface area contributed by atoms with E-state index < -0.39 is 11.8 Å². The van der Waals surface area contributed by atoms with Crippen molar-refractivity contribution in [2.45, 2.75) is 20.8 Å². The van der Waals surface area contributed by atoms with Crippen LogP contribution in [0.3, 0.4) is 0 Å². The maximum Gasteiger partial charge on any atom is 0.305 e. The Morgan fingerprint density at radius 1 is 0.920 bits per heavy atom. The number of hydrazine groups is 1. The maximum atomic E-state index is 12.4. The fraction of sp³-hybridized carbons (Fsp3) is 0.158. The largest absolute Gasteiger partial charge is 0.507 e. The molecule has 0 radical (unpaired) electrons. The first-order valence-corrected chi connectivity index (χ1v) is 7.78. The minimum absolute atomic E-state index is 0.0656. The third-order valence-corrected chi connectivity index (χ3v) is 4.13. The number of amides is 2. The van der Waals surface area contributed by atoms with Crippen LogP contribution in [0.25, 0.3) is 11.0 Å². The Kier molecular flexibility index (Phi) is 4.19. The monoisotopic (exact) mass is 338 g/mol. The summed E-state index contributed by atoms with van der Waals surface area (Å²) in [5.74, 6) is -1.20. The summed E-state index contributed by atoms with van der Waals surface area (Å²) in [6.45, 7) is 5.66. The first kappa shape index (κ1) is 16.6. The fourth-order valence-corrected chi connectivity index (χ4v) is 2.79. The molecule has 0 saturated carbocycles. The minimum Gasteiger partial charge on any atom is -0.507 e. The van der Waals surface area contributed by atoms with Gasteiger partial charge in [0.2, 0.25) is 0 Å². The van der Waals surface area contributed by atoms with E-state index in [1.54, 1.807) is 19.1 Å². The number of rotatable bonds is 2. The second-order valence-electron chi connectivity index (χ2n) is 5.89. The van der Waals surface area contributed by atoms with Crippen LogP contribution >= 0.6 is 0 Å². The molecule has 0 bridgehead atoms. The summed E-state index contributed by atoms with van der Waals surface area (Å²) in [6.07, 6.45) is 0. The Labute approximate surface area is 144 Å². The number of phenolic OH excluding ortho intramolecular Hbond substituents is 1. The van der Waals surface area contributed by atoms with Gasteiger partial charge in [0.1, 0.15) is 11.3 Å². The number of carbonyl (C=O) groups is 2. The van der Waals surface area contributed by atoms with Crippen molar-refractivity contribution < 1.29 is 19.1 Å². The van der Waals surface area contributed by atoms with Gasteiger partial charge in [-0.2, -0.15) is 0 Å². The highest BCUT2D eigenvalue weighted by molar-refractivity contribution is 6.03. The van der Waals surface area contributed by atoms with Gasteiger partial charge in [0.15, 0.2) is 5.76 Å². The minimum atomic E-state index is -0.618. The molecule has 3 N–H and O–H groups in total. The van der Waals surface area contributed by atoms with Crippen molar-refractivity contribution >= 4 is 22.8 Å². The maximum absolute atomic E-state index is 12.4. The molecule has 2 aromatic carbocycles. The van der Waals surface area contributed by atoms with Crippen LogP contribution in [0.1, 0.15) is 37.6 Å². The van der Waals surface area contributed by atoms with Crippen LogP contribution in [0.4, 0.5) is 0 Å². The van der Waals surface area contributed by atoms with Gasteiger partial charge in [-0.3, -0.25) is 20.4 Å². The van der Waals surface area contributed by atoms with Crippen molar-refractivity contribution in [2.75, 3.05) is 0 Å². The molecule has 3 aromatic rings. The zero-order valence-electron chi connectivity index (χ0n) is 14.1. The highest BCUT2D eigenvalue weighted by atomic mass is 16.3. The van der Waals surface area contributed by atoms with E-state index >= 15 is 0 Å². The number of aryl methyl sites for hydroxylation is 3. The third-order valence-electron chi connectivity index (χ3n) is 4.13. The standard InChI is InChI=1S/C19H18N2O4/c1-10-8-9-11(2)16-15(10)12(3)17(25-16)19(24)21-20-18(23)13-6-4-5-7-14(13)22/h4-9,22H,1-3H3,(H,20,23)(H,21,24). The molecule has 0 aliphatic carbocycles. The molecular formula is C19H18N2O4. The van der Waals surface area contributed by atoms with Crippen LogP contribution in [0.2, 0.25) is 0 Å². The van der Waals surface area contributed by atoms with Crippen LogP contribution in [0.15, 0.2) is 40.8 Å². The van der Waals surface area contributed by atoms with Crippen molar-refractivity contribution in [3.63, 3.8) is 0 Å². The van der Waals surface area contributed by atoms with E-state index in [2.05, 4.69) is 10.9 Å². The van der Waals surface area contributed by atoms with Crippen molar-refractivity contribution in [1.29, 1.82) is 0 Å². The van der Waals surface area contributed by atoms with E-state index in [4.69, 9.17) is 4.42 Å². The van der Waals surface area contributed by atoms with Gasteiger partial charge in [-0.1, -0.05) is 24.3 Å². The summed E-state index contributed by atoms with van der Waals surface area (Å²) in [5, 5.41) is 10.6. The number of para-hydroxylation sites is 1. The number of phenols is 1. The van der Waals surface area contributed by atoms with Crippen molar-refractivity contribution in [3.8, 4) is 5.75 Å². The van der Waals surface area contributed by atoms with Gasteiger partial charge >= 0.3 is 5.91 Å². The van der Waals surface area contributed by atoms with Crippen molar-refractivity contribution in [1.82, 2.24) is 10.9 Å². The zero-order valence-corrected chi connectivity index (χ0v) is 14.1. The van der Waals surface area contributed by atoms with Crippen LogP contribution in [-0.2, 0) is 0 Å². The Hall–Kier alpha value is -3.28. The van der Waals surface area contributed by atoms with E-state index in [0.29, 0.717) is 11.1 Å². The number of hydrogen-bond acceptors (Lipinski definition) is 4. The Morgan fingerprint density at radius 2 is 1.56 bits per heavy atom.